The van der Waals surface area contributed by atoms with Crippen LogP contribution in [0, 0.1) is 0 Å². The minimum absolute atomic E-state index is 0.0741. The molecular formula is C6H11NO2. The van der Waals surface area contributed by atoms with Gasteiger partial charge in [-0.25, -0.2) is 0 Å². The van der Waals surface area contributed by atoms with Gasteiger partial charge >= 0.3 is 0 Å². The third-order valence-electron chi connectivity index (χ3n) is 1.79. The highest BCUT2D eigenvalue weighted by Crippen LogP contribution is 2.37. The fourth-order valence-electron chi connectivity index (χ4n) is 0.740. The van der Waals surface area contributed by atoms with Crippen LogP contribution in [0.5, 0.6) is 0 Å². The minimum Gasteiger partial charge on any atom is -0.371 e. The Hall–Kier alpha value is -0.570. The summed E-state index contributed by atoms with van der Waals surface area (Å²) >= 11 is 0. The Bertz CT molecular complexity index is 140. The summed E-state index contributed by atoms with van der Waals surface area (Å²) in [5, 5.41) is 9.27. The molecule has 1 amide bonds. The average molecular weight is 129 g/mol. The Morgan fingerprint density at radius 1 is 1.67 bits per heavy atom. The van der Waals surface area contributed by atoms with E-state index in [-0.39, 0.29) is 5.91 Å². The number of rotatable bonds is 1. The van der Waals surface area contributed by atoms with E-state index in [2.05, 4.69) is 0 Å². The van der Waals surface area contributed by atoms with Crippen molar-refractivity contribution in [2.24, 2.45) is 0 Å². The summed E-state index contributed by atoms with van der Waals surface area (Å²) in [5.74, 6) is -0.0741. The Balaban J connectivity index is 2.52. The summed E-state index contributed by atoms with van der Waals surface area (Å²) in [4.78, 5) is 12.0. The van der Waals surface area contributed by atoms with Crippen LogP contribution in [-0.2, 0) is 4.79 Å². The summed E-state index contributed by atoms with van der Waals surface area (Å²) < 4.78 is 0. The highest BCUT2D eigenvalue weighted by molar-refractivity contribution is 5.73. The second kappa shape index (κ2) is 1.70. The van der Waals surface area contributed by atoms with Crippen LogP contribution < -0.4 is 0 Å². The second-order valence-corrected chi connectivity index (χ2v) is 2.56. The van der Waals surface area contributed by atoms with Crippen LogP contribution in [-0.4, -0.2) is 28.7 Å². The van der Waals surface area contributed by atoms with Gasteiger partial charge in [-0.15, -0.1) is 0 Å². The van der Waals surface area contributed by atoms with Crippen molar-refractivity contribution < 1.29 is 9.90 Å². The Labute approximate surface area is 54.3 Å². The molecule has 3 nitrogen and oxygen atoms in total. The van der Waals surface area contributed by atoms with Gasteiger partial charge in [0.05, 0.1) is 0 Å². The van der Waals surface area contributed by atoms with Crippen molar-refractivity contribution in [2.45, 2.75) is 25.5 Å². The highest BCUT2D eigenvalue weighted by Gasteiger charge is 2.45. The first kappa shape index (κ1) is 6.55. The maximum absolute atomic E-state index is 10.6. The van der Waals surface area contributed by atoms with Crippen molar-refractivity contribution in [3.05, 3.63) is 0 Å². The van der Waals surface area contributed by atoms with Gasteiger partial charge in [0, 0.05) is 14.0 Å². The monoisotopic (exact) mass is 129 g/mol. The van der Waals surface area contributed by atoms with Gasteiger partial charge in [-0.2, -0.15) is 0 Å². The molecule has 9 heavy (non-hydrogen) atoms. The number of aliphatic hydroxyl groups is 1. The van der Waals surface area contributed by atoms with Crippen molar-refractivity contribution in [1.29, 1.82) is 0 Å². The molecule has 0 saturated heterocycles. The smallest absolute Gasteiger partial charge is 0.221 e. The third kappa shape index (κ3) is 1.05. The molecule has 1 fully saturated rings. The van der Waals surface area contributed by atoms with E-state index in [1.807, 2.05) is 0 Å². The van der Waals surface area contributed by atoms with Crippen molar-refractivity contribution in [3.63, 3.8) is 0 Å². The molecule has 0 bridgehead atoms. The topological polar surface area (TPSA) is 40.5 Å². The summed E-state index contributed by atoms with van der Waals surface area (Å²) in [7, 11) is 1.62. The highest BCUT2D eigenvalue weighted by atomic mass is 16.3. The maximum Gasteiger partial charge on any atom is 0.221 e. The molecular weight excluding hydrogens is 118 g/mol. The van der Waals surface area contributed by atoms with Crippen LogP contribution in [0.4, 0.5) is 0 Å². The number of carbonyl (C=O) groups excluding carboxylic acids is 1. The SMILES string of the molecule is CC(=O)N(C)C1(O)CC1. The predicted octanol–water partition coefficient (Wildman–Crippen LogP) is -0.0529. The number of hydrogen-bond donors (Lipinski definition) is 1. The van der Waals surface area contributed by atoms with Crippen molar-refractivity contribution in [3.8, 4) is 0 Å². The third-order valence-corrected chi connectivity index (χ3v) is 1.79. The first-order valence-electron chi connectivity index (χ1n) is 3.03. The molecule has 0 aromatic carbocycles. The molecule has 0 aromatic heterocycles. The lowest BCUT2D eigenvalue weighted by atomic mass is 10.5. The first-order valence-corrected chi connectivity index (χ1v) is 3.03. The van der Waals surface area contributed by atoms with Crippen LogP contribution in [0.15, 0.2) is 0 Å². The molecule has 52 valence electrons. The Kier molecular flexibility index (Phi) is 1.24. The van der Waals surface area contributed by atoms with E-state index in [9.17, 15) is 9.90 Å². The number of carbonyl (C=O) groups is 1. The molecule has 1 aliphatic rings. The zero-order valence-electron chi connectivity index (χ0n) is 5.72. The molecule has 1 N–H and O–H groups in total. The van der Waals surface area contributed by atoms with E-state index < -0.39 is 5.72 Å². The molecule has 0 atom stereocenters. The summed E-state index contributed by atoms with van der Waals surface area (Å²) in [6, 6.07) is 0. The van der Waals surface area contributed by atoms with Crippen LogP contribution in [0.2, 0.25) is 0 Å². The maximum atomic E-state index is 10.6. The van der Waals surface area contributed by atoms with E-state index in [1.54, 1.807) is 7.05 Å². The van der Waals surface area contributed by atoms with Gasteiger partial charge in [-0.3, -0.25) is 4.79 Å². The number of nitrogens with zero attached hydrogens (tertiary/aromatic N) is 1. The summed E-state index contributed by atoms with van der Waals surface area (Å²) in [5.41, 5.74) is -0.786. The molecule has 1 aliphatic carbocycles. The van der Waals surface area contributed by atoms with E-state index in [0.29, 0.717) is 0 Å². The van der Waals surface area contributed by atoms with Crippen molar-refractivity contribution in [2.75, 3.05) is 7.05 Å². The molecule has 0 aliphatic heterocycles. The number of amides is 1. The zero-order valence-corrected chi connectivity index (χ0v) is 5.72. The van der Waals surface area contributed by atoms with E-state index in [4.69, 9.17) is 0 Å². The van der Waals surface area contributed by atoms with Gasteiger partial charge in [0.15, 0.2) is 0 Å². The van der Waals surface area contributed by atoms with Gasteiger partial charge in [0.2, 0.25) is 5.91 Å². The standard InChI is InChI=1S/C6H11NO2/c1-5(8)7(2)6(9)3-4-6/h9H,3-4H2,1-2H3. The first-order chi connectivity index (χ1) is 4.06. The van der Waals surface area contributed by atoms with E-state index in [1.165, 1.54) is 11.8 Å². The molecule has 0 heterocycles. The fourth-order valence-corrected chi connectivity index (χ4v) is 0.740. The molecule has 0 unspecified atom stereocenters. The molecule has 0 aromatic rings. The second-order valence-electron chi connectivity index (χ2n) is 2.56. The quantitative estimate of drug-likeness (QED) is 0.504. The lowest BCUT2D eigenvalue weighted by Gasteiger charge is -2.20. The van der Waals surface area contributed by atoms with Gasteiger partial charge < -0.3 is 10.0 Å². The molecule has 0 spiro atoms. The van der Waals surface area contributed by atoms with Crippen LogP contribution in [0.25, 0.3) is 0 Å². The lowest BCUT2D eigenvalue weighted by Crippen LogP contribution is -2.36. The lowest BCUT2D eigenvalue weighted by molar-refractivity contribution is -0.138. The minimum atomic E-state index is -0.786. The van der Waals surface area contributed by atoms with Gasteiger partial charge in [-0.1, -0.05) is 0 Å². The van der Waals surface area contributed by atoms with Crippen LogP contribution >= 0.6 is 0 Å². The van der Waals surface area contributed by atoms with Crippen LogP contribution in [0.1, 0.15) is 19.8 Å². The van der Waals surface area contributed by atoms with Crippen LogP contribution in [0.3, 0.4) is 0 Å². The van der Waals surface area contributed by atoms with E-state index >= 15 is 0 Å². The Morgan fingerprint density at radius 3 is 2.22 bits per heavy atom. The van der Waals surface area contributed by atoms with Crippen molar-refractivity contribution in [1.82, 2.24) is 4.90 Å². The zero-order chi connectivity index (χ0) is 7.07. The average Bonchev–Trinajstić information content (AvgIpc) is 2.47. The fraction of sp³-hybridized carbons (Fsp3) is 0.833. The van der Waals surface area contributed by atoms with Crippen molar-refractivity contribution >= 4 is 5.91 Å². The largest absolute Gasteiger partial charge is 0.371 e. The van der Waals surface area contributed by atoms with Gasteiger partial charge in [0.1, 0.15) is 5.72 Å². The molecule has 1 rings (SSSR count). The Morgan fingerprint density at radius 2 is 2.11 bits per heavy atom. The van der Waals surface area contributed by atoms with E-state index in [0.717, 1.165) is 12.8 Å². The number of hydrogen-bond acceptors (Lipinski definition) is 2. The predicted molar refractivity (Wildman–Crippen MR) is 32.6 cm³/mol. The summed E-state index contributed by atoms with van der Waals surface area (Å²) in [6.07, 6.45) is 1.45. The molecule has 3 heteroatoms. The molecule has 1 saturated carbocycles. The normalized spacial score (nSPS) is 21.2. The summed E-state index contributed by atoms with van der Waals surface area (Å²) in [6.45, 7) is 1.45. The molecule has 0 radical (unpaired) electrons. The van der Waals surface area contributed by atoms with Gasteiger partial charge in [-0.05, 0) is 12.8 Å². The van der Waals surface area contributed by atoms with Gasteiger partial charge in [0.25, 0.3) is 0 Å².